The first-order valence-corrected chi connectivity index (χ1v) is 7.00. The van der Waals surface area contributed by atoms with Crippen molar-refractivity contribution in [3.63, 3.8) is 0 Å². The zero-order valence-electron chi connectivity index (χ0n) is 13.2. The summed E-state index contributed by atoms with van der Waals surface area (Å²) in [5, 5.41) is 0. The molecular formula is C15H32O3. The van der Waals surface area contributed by atoms with Crippen molar-refractivity contribution in [2.24, 2.45) is 5.41 Å². The van der Waals surface area contributed by atoms with Crippen LogP contribution in [0.15, 0.2) is 0 Å². The van der Waals surface area contributed by atoms with Crippen molar-refractivity contribution in [2.45, 2.75) is 60.0 Å². The van der Waals surface area contributed by atoms with Gasteiger partial charge in [-0.05, 0) is 39.0 Å². The third kappa shape index (κ3) is 15.9. The highest BCUT2D eigenvalue weighted by Gasteiger charge is 2.09. The van der Waals surface area contributed by atoms with E-state index in [1.165, 1.54) is 6.42 Å². The standard InChI is InChI=1S/C15H32O3/c1-14(2,3)8-7-9-16-10-11-17-12-13-18-15(4,5)6/h7-13H2,1-6H3. The number of hydrogen-bond donors (Lipinski definition) is 0. The monoisotopic (exact) mass is 260 g/mol. The van der Waals surface area contributed by atoms with E-state index in [9.17, 15) is 0 Å². The number of hydrogen-bond acceptors (Lipinski definition) is 3. The summed E-state index contributed by atoms with van der Waals surface area (Å²) in [7, 11) is 0. The van der Waals surface area contributed by atoms with Gasteiger partial charge in [0.25, 0.3) is 0 Å². The van der Waals surface area contributed by atoms with Crippen molar-refractivity contribution in [3.05, 3.63) is 0 Å². The second-order valence-electron chi connectivity index (χ2n) is 6.85. The van der Waals surface area contributed by atoms with E-state index in [1.54, 1.807) is 0 Å². The SMILES string of the molecule is CC(C)(C)CCCOCCOCCOC(C)(C)C. The smallest absolute Gasteiger partial charge is 0.0707 e. The Kier molecular flexibility index (Phi) is 8.83. The van der Waals surface area contributed by atoms with Crippen LogP contribution in [0.25, 0.3) is 0 Å². The maximum atomic E-state index is 5.55. The summed E-state index contributed by atoms with van der Waals surface area (Å²) in [6.45, 7) is 16.4. The van der Waals surface area contributed by atoms with E-state index in [2.05, 4.69) is 20.8 Å². The largest absolute Gasteiger partial charge is 0.379 e. The van der Waals surface area contributed by atoms with Gasteiger partial charge in [0.1, 0.15) is 0 Å². The van der Waals surface area contributed by atoms with Gasteiger partial charge in [-0.15, -0.1) is 0 Å². The molecule has 0 aromatic carbocycles. The van der Waals surface area contributed by atoms with Gasteiger partial charge in [0.05, 0.1) is 32.0 Å². The molecule has 0 aliphatic heterocycles. The van der Waals surface area contributed by atoms with Crippen LogP contribution in [-0.2, 0) is 14.2 Å². The topological polar surface area (TPSA) is 27.7 Å². The lowest BCUT2D eigenvalue weighted by Crippen LogP contribution is -2.22. The number of ether oxygens (including phenoxy) is 3. The fourth-order valence-electron chi connectivity index (χ4n) is 1.43. The van der Waals surface area contributed by atoms with Crippen LogP contribution in [0.3, 0.4) is 0 Å². The molecular weight excluding hydrogens is 228 g/mol. The maximum absolute atomic E-state index is 5.55. The Balaban J connectivity index is 3.13. The zero-order chi connectivity index (χ0) is 14.1. The van der Waals surface area contributed by atoms with Gasteiger partial charge in [-0.25, -0.2) is 0 Å². The summed E-state index contributed by atoms with van der Waals surface area (Å²) in [5.74, 6) is 0. The van der Waals surface area contributed by atoms with Gasteiger partial charge >= 0.3 is 0 Å². The van der Waals surface area contributed by atoms with Gasteiger partial charge in [-0.2, -0.15) is 0 Å². The Bertz CT molecular complexity index is 167. The minimum absolute atomic E-state index is 0.0766. The van der Waals surface area contributed by atoms with E-state index in [4.69, 9.17) is 14.2 Å². The lowest BCUT2D eigenvalue weighted by atomic mass is 9.91. The Hall–Kier alpha value is -0.120. The molecule has 0 rings (SSSR count). The van der Waals surface area contributed by atoms with E-state index in [1.807, 2.05) is 20.8 Å². The lowest BCUT2D eigenvalue weighted by Gasteiger charge is -2.19. The molecule has 0 spiro atoms. The Morgan fingerprint density at radius 3 is 1.67 bits per heavy atom. The lowest BCUT2D eigenvalue weighted by molar-refractivity contribution is -0.0427. The van der Waals surface area contributed by atoms with Crippen LogP contribution in [0.4, 0.5) is 0 Å². The van der Waals surface area contributed by atoms with Crippen LogP contribution < -0.4 is 0 Å². The van der Waals surface area contributed by atoms with E-state index in [0.717, 1.165) is 13.0 Å². The van der Waals surface area contributed by atoms with Crippen LogP contribution in [0.2, 0.25) is 0 Å². The van der Waals surface area contributed by atoms with Crippen molar-refractivity contribution in [2.75, 3.05) is 33.0 Å². The van der Waals surface area contributed by atoms with Gasteiger partial charge in [0.2, 0.25) is 0 Å². The van der Waals surface area contributed by atoms with E-state index in [0.29, 0.717) is 31.8 Å². The molecule has 0 bridgehead atoms. The second kappa shape index (κ2) is 8.89. The van der Waals surface area contributed by atoms with Crippen LogP contribution >= 0.6 is 0 Å². The minimum Gasteiger partial charge on any atom is -0.379 e. The normalized spacial score (nSPS) is 13.0. The Morgan fingerprint density at radius 2 is 1.17 bits per heavy atom. The predicted octanol–water partition coefficient (Wildman–Crippen LogP) is 3.66. The van der Waals surface area contributed by atoms with Crippen molar-refractivity contribution < 1.29 is 14.2 Å². The highest BCUT2D eigenvalue weighted by Crippen LogP contribution is 2.20. The molecule has 0 heterocycles. The molecule has 110 valence electrons. The van der Waals surface area contributed by atoms with Crippen molar-refractivity contribution in [3.8, 4) is 0 Å². The molecule has 3 nitrogen and oxygen atoms in total. The molecule has 0 aliphatic rings. The summed E-state index contributed by atoms with van der Waals surface area (Å²) < 4.78 is 16.5. The van der Waals surface area contributed by atoms with Crippen LogP contribution in [-0.4, -0.2) is 38.6 Å². The van der Waals surface area contributed by atoms with Gasteiger partial charge in [0, 0.05) is 6.61 Å². The maximum Gasteiger partial charge on any atom is 0.0707 e. The molecule has 0 aromatic heterocycles. The molecule has 0 aliphatic carbocycles. The molecule has 0 saturated carbocycles. The highest BCUT2D eigenvalue weighted by atomic mass is 16.5. The summed E-state index contributed by atoms with van der Waals surface area (Å²) >= 11 is 0. The van der Waals surface area contributed by atoms with Crippen LogP contribution in [0.5, 0.6) is 0 Å². The van der Waals surface area contributed by atoms with Crippen LogP contribution in [0, 0.1) is 5.41 Å². The predicted molar refractivity (Wildman–Crippen MR) is 76.0 cm³/mol. The molecule has 18 heavy (non-hydrogen) atoms. The molecule has 0 unspecified atom stereocenters. The summed E-state index contributed by atoms with van der Waals surface area (Å²) in [5.41, 5.74) is 0.330. The summed E-state index contributed by atoms with van der Waals surface area (Å²) in [4.78, 5) is 0. The van der Waals surface area contributed by atoms with Gasteiger partial charge in [0.15, 0.2) is 0 Å². The van der Waals surface area contributed by atoms with Crippen molar-refractivity contribution in [1.82, 2.24) is 0 Å². The Labute approximate surface area is 113 Å². The fraction of sp³-hybridized carbons (Fsp3) is 1.00. The molecule has 0 radical (unpaired) electrons. The van der Waals surface area contributed by atoms with E-state index < -0.39 is 0 Å². The van der Waals surface area contributed by atoms with Crippen molar-refractivity contribution in [1.29, 1.82) is 0 Å². The molecule has 3 heteroatoms. The third-order valence-electron chi connectivity index (χ3n) is 2.35. The molecule has 0 N–H and O–H groups in total. The summed E-state index contributed by atoms with van der Waals surface area (Å²) in [6, 6.07) is 0. The molecule has 0 atom stereocenters. The third-order valence-corrected chi connectivity index (χ3v) is 2.35. The fourth-order valence-corrected chi connectivity index (χ4v) is 1.43. The molecule has 0 fully saturated rings. The average molecular weight is 260 g/mol. The van der Waals surface area contributed by atoms with Crippen molar-refractivity contribution >= 4 is 0 Å². The molecule has 0 amide bonds. The van der Waals surface area contributed by atoms with E-state index >= 15 is 0 Å². The second-order valence-corrected chi connectivity index (χ2v) is 6.85. The number of rotatable bonds is 9. The Morgan fingerprint density at radius 1 is 0.667 bits per heavy atom. The highest BCUT2D eigenvalue weighted by molar-refractivity contribution is 4.60. The first kappa shape index (κ1) is 17.9. The molecule has 0 saturated heterocycles. The first-order chi connectivity index (χ1) is 8.21. The van der Waals surface area contributed by atoms with E-state index in [-0.39, 0.29) is 5.60 Å². The zero-order valence-corrected chi connectivity index (χ0v) is 13.2. The van der Waals surface area contributed by atoms with Gasteiger partial charge in [-0.3, -0.25) is 0 Å². The van der Waals surface area contributed by atoms with Gasteiger partial charge in [-0.1, -0.05) is 20.8 Å². The summed E-state index contributed by atoms with van der Waals surface area (Å²) in [6.07, 6.45) is 2.32. The quantitative estimate of drug-likeness (QED) is 0.592. The van der Waals surface area contributed by atoms with Crippen LogP contribution in [0.1, 0.15) is 54.4 Å². The minimum atomic E-state index is -0.0766. The van der Waals surface area contributed by atoms with Gasteiger partial charge < -0.3 is 14.2 Å². The average Bonchev–Trinajstić information content (AvgIpc) is 2.17. The first-order valence-electron chi connectivity index (χ1n) is 7.00. The molecule has 0 aromatic rings.